The van der Waals surface area contributed by atoms with Crippen molar-refractivity contribution in [3.05, 3.63) is 29.8 Å². The molecule has 1 N–H and O–H groups in total. The normalized spacial score (nSPS) is 16.0. The van der Waals surface area contributed by atoms with Crippen LogP contribution in [0.15, 0.2) is 29.3 Å². The van der Waals surface area contributed by atoms with Crippen LogP contribution < -0.4 is 10.1 Å². The van der Waals surface area contributed by atoms with E-state index in [4.69, 9.17) is 14.2 Å². The predicted molar refractivity (Wildman–Crippen MR) is 110 cm³/mol. The SMILES string of the molecule is CCNC(=NCCOc1cccc(C(F)(F)F)c1)N1CCC(OCCCOC)CC1. The molecule has 0 saturated carbocycles. The summed E-state index contributed by atoms with van der Waals surface area (Å²) in [6.07, 6.45) is -1.37. The van der Waals surface area contributed by atoms with Gasteiger partial charge in [-0.2, -0.15) is 13.2 Å². The number of alkyl halides is 3. The molecular formula is C21H32F3N3O3. The molecule has 0 spiro atoms. The molecule has 1 saturated heterocycles. The summed E-state index contributed by atoms with van der Waals surface area (Å²) in [5, 5.41) is 3.27. The topological polar surface area (TPSA) is 55.3 Å². The van der Waals surface area contributed by atoms with Crippen LogP contribution in [0.2, 0.25) is 0 Å². The fourth-order valence-corrected chi connectivity index (χ4v) is 3.19. The number of rotatable bonds is 10. The zero-order valence-electron chi connectivity index (χ0n) is 17.7. The molecule has 0 aromatic heterocycles. The van der Waals surface area contributed by atoms with Crippen molar-refractivity contribution >= 4 is 5.96 Å². The average molecular weight is 431 g/mol. The molecule has 1 aromatic rings. The van der Waals surface area contributed by atoms with Gasteiger partial charge in [0.25, 0.3) is 0 Å². The first-order valence-corrected chi connectivity index (χ1v) is 10.4. The van der Waals surface area contributed by atoms with Crippen LogP contribution in [0.5, 0.6) is 5.75 Å². The maximum atomic E-state index is 12.8. The number of guanidine groups is 1. The van der Waals surface area contributed by atoms with E-state index >= 15 is 0 Å². The highest BCUT2D eigenvalue weighted by Crippen LogP contribution is 2.31. The van der Waals surface area contributed by atoms with Crippen LogP contribution in [0.4, 0.5) is 13.2 Å². The van der Waals surface area contributed by atoms with Gasteiger partial charge in [-0.05, 0) is 44.4 Å². The van der Waals surface area contributed by atoms with Gasteiger partial charge in [0.1, 0.15) is 12.4 Å². The predicted octanol–water partition coefficient (Wildman–Crippen LogP) is 3.57. The van der Waals surface area contributed by atoms with E-state index < -0.39 is 11.7 Å². The van der Waals surface area contributed by atoms with Crippen molar-refractivity contribution in [1.29, 1.82) is 0 Å². The first-order chi connectivity index (χ1) is 14.4. The molecule has 1 aliphatic heterocycles. The van der Waals surface area contributed by atoms with Gasteiger partial charge in [-0.3, -0.25) is 0 Å². The number of halogens is 3. The minimum absolute atomic E-state index is 0.191. The summed E-state index contributed by atoms with van der Waals surface area (Å²) in [4.78, 5) is 6.75. The molecule has 0 radical (unpaired) electrons. The van der Waals surface area contributed by atoms with Gasteiger partial charge >= 0.3 is 6.18 Å². The van der Waals surface area contributed by atoms with Crippen LogP contribution in [0, 0.1) is 0 Å². The lowest BCUT2D eigenvalue weighted by Crippen LogP contribution is -2.47. The first-order valence-electron chi connectivity index (χ1n) is 10.4. The van der Waals surface area contributed by atoms with Crippen LogP contribution in [0.1, 0.15) is 31.7 Å². The Morgan fingerprint density at radius 3 is 2.63 bits per heavy atom. The van der Waals surface area contributed by atoms with Crippen molar-refractivity contribution in [2.45, 2.75) is 38.5 Å². The Balaban J connectivity index is 1.78. The van der Waals surface area contributed by atoms with Gasteiger partial charge in [-0.25, -0.2) is 4.99 Å². The van der Waals surface area contributed by atoms with E-state index in [1.165, 1.54) is 12.1 Å². The number of nitrogens with one attached hydrogen (secondary N) is 1. The second-order valence-electron chi connectivity index (χ2n) is 7.01. The maximum Gasteiger partial charge on any atom is 0.416 e. The molecule has 6 nitrogen and oxygen atoms in total. The summed E-state index contributed by atoms with van der Waals surface area (Å²) in [5.74, 6) is 0.986. The molecule has 1 aliphatic rings. The van der Waals surface area contributed by atoms with E-state index in [1.54, 1.807) is 7.11 Å². The second kappa shape index (κ2) is 12.6. The van der Waals surface area contributed by atoms with Gasteiger partial charge in [-0.15, -0.1) is 0 Å². The summed E-state index contributed by atoms with van der Waals surface area (Å²) >= 11 is 0. The molecule has 2 rings (SSSR count). The minimum Gasteiger partial charge on any atom is -0.492 e. The van der Waals surface area contributed by atoms with E-state index in [-0.39, 0.29) is 18.5 Å². The van der Waals surface area contributed by atoms with Crippen molar-refractivity contribution in [2.24, 2.45) is 4.99 Å². The fraction of sp³-hybridized carbons (Fsp3) is 0.667. The van der Waals surface area contributed by atoms with E-state index in [9.17, 15) is 13.2 Å². The third-order valence-corrected chi connectivity index (χ3v) is 4.71. The number of hydrogen-bond acceptors (Lipinski definition) is 4. The van der Waals surface area contributed by atoms with Crippen molar-refractivity contribution in [3.63, 3.8) is 0 Å². The Morgan fingerprint density at radius 1 is 1.20 bits per heavy atom. The molecular weight excluding hydrogens is 399 g/mol. The van der Waals surface area contributed by atoms with Gasteiger partial charge in [0.15, 0.2) is 5.96 Å². The summed E-state index contributed by atoms with van der Waals surface area (Å²) in [6, 6.07) is 4.89. The Bertz CT molecular complexity index is 648. The van der Waals surface area contributed by atoms with Crippen LogP contribution in [-0.2, 0) is 15.7 Å². The van der Waals surface area contributed by atoms with E-state index in [0.29, 0.717) is 19.8 Å². The lowest BCUT2D eigenvalue weighted by Gasteiger charge is -2.34. The molecule has 1 fully saturated rings. The molecule has 0 amide bonds. The standard InChI is InChI=1S/C21H32F3N3O3/c1-3-25-20(27-11-8-18(9-12-27)29-14-5-13-28-2)26-10-15-30-19-7-4-6-17(16-19)21(22,23)24/h4,6-7,16,18H,3,5,8-15H2,1-2H3,(H,25,26). The van der Waals surface area contributed by atoms with E-state index in [0.717, 1.165) is 57.0 Å². The van der Waals surface area contributed by atoms with Gasteiger partial charge in [0.2, 0.25) is 0 Å². The molecule has 1 aromatic carbocycles. The smallest absolute Gasteiger partial charge is 0.416 e. The molecule has 170 valence electrons. The second-order valence-corrected chi connectivity index (χ2v) is 7.01. The van der Waals surface area contributed by atoms with Crippen LogP contribution in [-0.4, -0.2) is 70.1 Å². The van der Waals surface area contributed by atoms with Gasteiger partial charge in [0, 0.05) is 40.0 Å². The Morgan fingerprint density at radius 2 is 1.97 bits per heavy atom. The monoisotopic (exact) mass is 431 g/mol. The number of aliphatic imine (C=N–C) groups is 1. The number of likely N-dealkylation sites (tertiary alicyclic amines) is 1. The third-order valence-electron chi connectivity index (χ3n) is 4.71. The molecule has 0 bridgehead atoms. The van der Waals surface area contributed by atoms with Crippen molar-refractivity contribution < 1.29 is 27.4 Å². The largest absolute Gasteiger partial charge is 0.492 e. The van der Waals surface area contributed by atoms with E-state index in [2.05, 4.69) is 15.2 Å². The highest BCUT2D eigenvalue weighted by molar-refractivity contribution is 5.80. The van der Waals surface area contributed by atoms with E-state index in [1.807, 2.05) is 6.92 Å². The number of nitrogens with zero attached hydrogens (tertiary/aromatic N) is 2. The molecule has 9 heteroatoms. The Labute approximate surface area is 176 Å². The zero-order chi connectivity index (χ0) is 21.8. The highest BCUT2D eigenvalue weighted by Gasteiger charge is 2.30. The lowest BCUT2D eigenvalue weighted by atomic mass is 10.1. The molecule has 0 aliphatic carbocycles. The maximum absolute atomic E-state index is 12.8. The van der Waals surface area contributed by atoms with Crippen LogP contribution in [0.25, 0.3) is 0 Å². The highest BCUT2D eigenvalue weighted by atomic mass is 19.4. The molecule has 0 atom stereocenters. The first kappa shape index (κ1) is 24.3. The quantitative estimate of drug-likeness (QED) is 0.349. The Hall–Kier alpha value is -2.00. The third kappa shape index (κ3) is 8.39. The molecule has 30 heavy (non-hydrogen) atoms. The van der Waals surface area contributed by atoms with Gasteiger partial charge < -0.3 is 24.4 Å². The lowest BCUT2D eigenvalue weighted by molar-refractivity contribution is -0.137. The summed E-state index contributed by atoms with van der Waals surface area (Å²) in [7, 11) is 1.69. The number of methoxy groups -OCH3 is 1. The van der Waals surface area contributed by atoms with Crippen LogP contribution in [0.3, 0.4) is 0 Å². The summed E-state index contributed by atoms with van der Waals surface area (Å²) in [5.41, 5.74) is -0.718. The average Bonchev–Trinajstić information content (AvgIpc) is 2.73. The summed E-state index contributed by atoms with van der Waals surface area (Å²) in [6.45, 7) is 6.39. The van der Waals surface area contributed by atoms with Crippen molar-refractivity contribution in [1.82, 2.24) is 10.2 Å². The minimum atomic E-state index is -4.38. The number of benzene rings is 1. The van der Waals surface area contributed by atoms with Crippen molar-refractivity contribution in [3.8, 4) is 5.75 Å². The number of hydrogen-bond donors (Lipinski definition) is 1. The molecule has 0 unspecified atom stereocenters. The number of piperidine rings is 1. The van der Waals surface area contributed by atoms with Crippen molar-refractivity contribution in [2.75, 3.05) is 53.1 Å². The number of ether oxygens (including phenoxy) is 3. The zero-order valence-corrected chi connectivity index (χ0v) is 17.7. The Kier molecular flexibility index (Phi) is 10.2. The van der Waals surface area contributed by atoms with Gasteiger partial charge in [0.05, 0.1) is 18.2 Å². The summed E-state index contributed by atoms with van der Waals surface area (Å²) < 4.78 is 54.7. The van der Waals surface area contributed by atoms with Gasteiger partial charge in [-0.1, -0.05) is 6.07 Å². The fourth-order valence-electron chi connectivity index (χ4n) is 3.19. The molecule has 1 heterocycles. The van der Waals surface area contributed by atoms with Crippen LogP contribution >= 0.6 is 0 Å².